The minimum Gasteiger partial charge on any atom is -0.444 e. The number of ether oxygens (including phenoxy) is 2. The van der Waals surface area contributed by atoms with Gasteiger partial charge in [-0.2, -0.15) is 8.78 Å². The lowest BCUT2D eigenvalue weighted by molar-refractivity contribution is -0.139. The monoisotopic (exact) mass is 411 g/mol. The van der Waals surface area contributed by atoms with Gasteiger partial charge in [0.05, 0.1) is 5.92 Å². The Morgan fingerprint density at radius 2 is 1.43 bits per heavy atom. The van der Waals surface area contributed by atoms with Crippen molar-refractivity contribution in [1.29, 1.82) is 0 Å². The summed E-state index contributed by atoms with van der Waals surface area (Å²) in [5, 5.41) is 2.52. The molecule has 1 amide bonds. The maximum Gasteiger partial charge on any atom is 0.407 e. The van der Waals surface area contributed by atoms with Gasteiger partial charge in [0.25, 0.3) is 0 Å². The molecule has 28 heavy (non-hydrogen) atoms. The number of esters is 1. The molecule has 1 aromatic carbocycles. The van der Waals surface area contributed by atoms with E-state index >= 15 is 0 Å². The van der Waals surface area contributed by atoms with Gasteiger partial charge in [0.2, 0.25) is 34.8 Å². The molecule has 1 atom stereocenters. The summed E-state index contributed by atoms with van der Waals surface area (Å²) in [6.07, 6.45) is 0.526. The van der Waals surface area contributed by atoms with E-state index in [2.05, 4.69) is 10.1 Å². The van der Waals surface area contributed by atoms with Crippen LogP contribution in [0.2, 0.25) is 0 Å². The molecule has 0 saturated carbocycles. The number of halogens is 5. The third kappa shape index (κ3) is 6.65. The van der Waals surface area contributed by atoms with Crippen LogP contribution >= 0.6 is 0 Å². The summed E-state index contributed by atoms with van der Waals surface area (Å²) in [6.45, 7) is 6.79. The number of amides is 1. The Balaban J connectivity index is 2.50. The van der Waals surface area contributed by atoms with Gasteiger partial charge >= 0.3 is 12.1 Å². The van der Waals surface area contributed by atoms with Crippen LogP contribution in [0, 0.1) is 35.0 Å². The lowest BCUT2D eigenvalue weighted by Crippen LogP contribution is -2.33. The smallest absolute Gasteiger partial charge is 0.407 e. The first-order chi connectivity index (χ1) is 12.8. The molecule has 1 rings (SSSR count). The van der Waals surface area contributed by atoms with Gasteiger partial charge in [0.15, 0.2) is 0 Å². The Morgan fingerprint density at radius 3 is 1.93 bits per heavy atom. The molecule has 0 spiro atoms. The average molecular weight is 411 g/mol. The molecule has 0 aliphatic carbocycles. The van der Waals surface area contributed by atoms with Crippen LogP contribution in [0.5, 0.6) is 5.75 Å². The molecule has 0 fully saturated rings. The standard InChI is InChI=1S/C18H22F5NO4/c1-9(7-5-6-8-24-17(26)28-18(2,3)4)16(25)27-15-13(22)11(20)10(19)12(21)14(15)23/h9H,5-8H2,1-4H3,(H,24,26). The van der Waals surface area contributed by atoms with Crippen molar-refractivity contribution in [2.75, 3.05) is 6.54 Å². The van der Waals surface area contributed by atoms with Crippen molar-refractivity contribution >= 4 is 12.1 Å². The molecule has 1 aromatic rings. The minimum atomic E-state index is -2.33. The van der Waals surface area contributed by atoms with Crippen molar-refractivity contribution in [1.82, 2.24) is 5.32 Å². The van der Waals surface area contributed by atoms with E-state index in [4.69, 9.17) is 4.74 Å². The van der Waals surface area contributed by atoms with Crippen LogP contribution in [0.15, 0.2) is 0 Å². The molecule has 0 aromatic heterocycles. The van der Waals surface area contributed by atoms with E-state index in [-0.39, 0.29) is 13.0 Å². The Labute approximate surface area is 159 Å². The second kappa shape index (κ2) is 9.70. The summed E-state index contributed by atoms with van der Waals surface area (Å²) < 4.78 is 75.7. The van der Waals surface area contributed by atoms with Gasteiger partial charge in [-0.15, -0.1) is 0 Å². The number of benzene rings is 1. The van der Waals surface area contributed by atoms with Crippen molar-refractivity contribution in [3.05, 3.63) is 29.1 Å². The molecule has 158 valence electrons. The van der Waals surface area contributed by atoms with Crippen molar-refractivity contribution in [2.45, 2.75) is 52.6 Å². The largest absolute Gasteiger partial charge is 0.444 e. The molecule has 0 aliphatic rings. The number of unbranched alkanes of at least 4 members (excludes halogenated alkanes) is 1. The van der Waals surface area contributed by atoms with Crippen LogP contribution in [0.4, 0.5) is 26.7 Å². The van der Waals surface area contributed by atoms with E-state index in [1.54, 1.807) is 20.8 Å². The SMILES string of the molecule is CC(CCCCNC(=O)OC(C)(C)C)C(=O)Oc1c(F)c(F)c(F)c(F)c1F. The zero-order valence-electron chi connectivity index (χ0n) is 15.9. The number of nitrogens with one attached hydrogen (secondary N) is 1. The molecule has 0 bridgehead atoms. The summed E-state index contributed by atoms with van der Waals surface area (Å²) in [4.78, 5) is 23.3. The van der Waals surface area contributed by atoms with E-state index < -0.39 is 58.4 Å². The highest BCUT2D eigenvalue weighted by atomic mass is 19.2. The van der Waals surface area contributed by atoms with Crippen LogP contribution < -0.4 is 10.1 Å². The van der Waals surface area contributed by atoms with Crippen molar-refractivity contribution in [3.8, 4) is 5.75 Å². The van der Waals surface area contributed by atoms with E-state index in [0.717, 1.165) is 0 Å². The number of carbonyl (C=O) groups excluding carboxylic acids is 2. The van der Waals surface area contributed by atoms with Crippen molar-refractivity contribution < 1.29 is 41.0 Å². The third-order valence-electron chi connectivity index (χ3n) is 3.51. The topological polar surface area (TPSA) is 64.6 Å². The fourth-order valence-electron chi connectivity index (χ4n) is 2.07. The van der Waals surface area contributed by atoms with Crippen LogP contribution in [-0.4, -0.2) is 24.2 Å². The molecular weight excluding hydrogens is 389 g/mol. The van der Waals surface area contributed by atoms with Gasteiger partial charge in [-0.1, -0.05) is 13.3 Å². The zero-order valence-corrected chi connectivity index (χ0v) is 15.9. The van der Waals surface area contributed by atoms with Crippen LogP contribution in [0.3, 0.4) is 0 Å². The predicted octanol–water partition coefficient (Wildman–Crippen LogP) is 4.62. The van der Waals surface area contributed by atoms with Gasteiger partial charge in [0, 0.05) is 6.54 Å². The molecule has 1 N–H and O–H groups in total. The highest BCUT2D eigenvalue weighted by Crippen LogP contribution is 2.30. The minimum absolute atomic E-state index is 0.213. The molecule has 0 heterocycles. The Kier molecular flexibility index (Phi) is 8.19. The maximum atomic E-state index is 13.5. The summed E-state index contributed by atoms with van der Waals surface area (Å²) in [7, 11) is 0. The third-order valence-corrected chi connectivity index (χ3v) is 3.51. The Bertz CT molecular complexity index is 705. The highest BCUT2D eigenvalue weighted by molar-refractivity contribution is 5.74. The summed E-state index contributed by atoms with van der Waals surface area (Å²) in [6, 6.07) is 0. The number of rotatable bonds is 7. The highest BCUT2D eigenvalue weighted by Gasteiger charge is 2.29. The molecule has 1 unspecified atom stereocenters. The van der Waals surface area contributed by atoms with E-state index in [1.165, 1.54) is 6.92 Å². The quantitative estimate of drug-likeness (QED) is 0.178. The van der Waals surface area contributed by atoms with E-state index in [1.807, 2.05) is 0 Å². The van der Waals surface area contributed by atoms with E-state index in [0.29, 0.717) is 12.8 Å². The zero-order chi connectivity index (χ0) is 21.6. The molecule has 10 heteroatoms. The van der Waals surface area contributed by atoms with Gasteiger partial charge in [-0.25, -0.2) is 18.0 Å². The normalized spacial score (nSPS) is 12.5. The Hall–Kier alpha value is -2.39. The first kappa shape index (κ1) is 23.6. The number of alkyl carbamates (subject to hydrolysis) is 1. The average Bonchev–Trinajstić information content (AvgIpc) is 2.59. The fraction of sp³-hybridized carbons (Fsp3) is 0.556. The fourth-order valence-corrected chi connectivity index (χ4v) is 2.07. The van der Waals surface area contributed by atoms with Crippen molar-refractivity contribution in [2.24, 2.45) is 5.92 Å². The number of hydrogen-bond donors (Lipinski definition) is 1. The first-order valence-corrected chi connectivity index (χ1v) is 8.55. The molecule has 0 radical (unpaired) electrons. The van der Waals surface area contributed by atoms with Gasteiger partial charge in [-0.3, -0.25) is 4.79 Å². The second-order valence-corrected chi connectivity index (χ2v) is 7.15. The number of carbonyl (C=O) groups is 2. The van der Waals surface area contributed by atoms with Gasteiger partial charge in [0.1, 0.15) is 5.60 Å². The molecular formula is C18H22F5NO4. The first-order valence-electron chi connectivity index (χ1n) is 8.55. The molecule has 5 nitrogen and oxygen atoms in total. The summed E-state index contributed by atoms with van der Waals surface area (Å²) >= 11 is 0. The summed E-state index contributed by atoms with van der Waals surface area (Å²) in [5.41, 5.74) is -0.633. The maximum absolute atomic E-state index is 13.5. The summed E-state index contributed by atoms with van der Waals surface area (Å²) in [5.74, 6) is -14.8. The van der Waals surface area contributed by atoms with Crippen LogP contribution in [0.1, 0.15) is 47.0 Å². The lowest BCUT2D eigenvalue weighted by Gasteiger charge is -2.19. The Morgan fingerprint density at radius 1 is 0.929 bits per heavy atom. The lowest BCUT2D eigenvalue weighted by atomic mass is 10.0. The number of hydrogen-bond acceptors (Lipinski definition) is 4. The van der Waals surface area contributed by atoms with Gasteiger partial charge < -0.3 is 14.8 Å². The molecule has 0 aliphatic heterocycles. The van der Waals surface area contributed by atoms with E-state index in [9.17, 15) is 31.5 Å². The second-order valence-electron chi connectivity index (χ2n) is 7.15. The van der Waals surface area contributed by atoms with Crippen LogP contribution in [-0.2, 0) is 9.53 Å². The van der Waals surface area contributed by atoms with Crippen molar-refractivity contribution in [3.63, 3.8) is 0 Å². The predicted molar refractivity (Wildman–Crippen MR) is 89.1 cm³/mol. The van der Waals surface area contributed by atoms with Crippen LogP contribution in [0.25, 0.3) is 0 Å². The molecule has 0 saturated heterocycles. The van der Waals surface area contributed by atoms with Gasteiger partial charge in [-0.05, 0) is 33.6 Å².